The smallest absolute Gasteiger partial charge is 0.248 e. The van der Waals surface area contributed by atoms with Crippen LogP contribution < -0.4 is 16.8 Å². The Morgan fingerprint density at radius 2 is 1.91 bits per heavy atom. The number of primary amides is 1. The molecule has 5 N–H and O–H groups in total. The second-order valence-electron chi connectivity index (χ2n) is 4.50. The van der Waals surface area contributed by atoms with Crippen LogP contribution in [0.1, 0.15) is 16.1 Å². The van der Waals surface area contributed by atoms with Crippen molar-refractivity contribution in [3.63, 3.8) is 0 Å². The highest BCUT2D eigenvalue weighted by Gasteiger charge is 2.07. The van der Waals surface area contributed by atoms with E-state index in [1.807, 2.05) is 6.92 Å². The lowest BCUT2D eigenvalue weighted by Crippen LogP contribution is -2.15. The molecule has 0 atom stereocenters. The van der Waals surface area contributed by atoms with Gasteiger partial charge in [0, 0.05) is 23.0 Å². The topological polar surface area (TPSA) is 124 Å². The standard InChI is InChI=1S/C14H15N5O2S/c1-8-6-11(15)19-14(17-8)22-7-12(20)18-10-4-2-9(3-5-10)13(16)21/h2-6H,7H2,1H3,(H2,16,21)(H,18,20)(H2,15,17,19). The number of amides is 2. The van der Waals surface area contributed by atoms with Crippen LogP contribution in [0.2, 0.25) is 0 Å². The molecule has 2 rings (SSSR count). The number of aromatic nitrogens is 2. The van der Waals surface area contributed by atoms with Crippen molar-refractivity contribution in [2.75, 3.05) is 16.8 Å². The first-order chi connectivity index (χ1) is 10.4. The van der Waals surface area contributed by atoms with Crippen LogP contribution >= 0.6 is 11.8 Å². The molecule has 22 heavy (non-hydrogen) atoms. The maximum Gasteiger partial charge on any atom is 0.248 e. The van der Waals surface area contributed by atoms with Gasteiger partial charge in [-0.1, -0.05) is 11.8 Å². The average molecular weight is 317 g/mol. The van der Waals surface area contributed by atoms with Crippen LogP contribution in [0.3, 0.4) is 0 Å². The van der Waals surface area contributed by atoms with Crippen LogP contribution in [-0.4, -0.2) is 27.5 Å². The lowest BCUT2D eigenvalue weighted by Gasteiger charge is -2.06. The van der Waals surface area contributed by atoms with E-state index in [0.29, 0.717) is 22.2 Å². The van der Waals surface area contributed by atoms with Gasteiger partial charge in [-0.25, -0.2) is 9.97 Å². The number of aryl methyl sites for hydroxylation is 1. The summed E-state index contributed by atoms with van der Waals surface area (Å²) in [5, 5.41) is 3.16. The average Bonchev–Trinajstić information content (AvgIpc) is 2.45. The predicted octanol–water partition coefficient (Wildman–Crippen LogP) is 1.20. The summed E-state index contributed by atoms with van der Waals surface area (Å²) in [6, 6.07) is 7.99. The summed E-state index contributed by atoms with van der Waals surface area (Å²) in [6.07, 6.45) is 0. The molecule has 2 aromatic rings. The van der Waals surface area contributed by atoms with Gasteiger partial charge >= 0.3 is 0 Å². The minimum Gasteiger partial charge on any atom is -0.384 e. The van der Waals surface area contributed by atoms with Crippen molar-refractivity contribution >= 4 is 35.1 Å². The Morgan fingerprint density at radius 1 is 1.23 bits per heavy atom. The number of nitrogens with zero attached hydrogens (tertiary/aromatic N) is 2. The van der Waals surface area contributed by atoms with Gasteiger partial charge in [-0.2, -0.15) is 0 Å². The zero-order valence-corrected chi connectivity index (χ0v) is 12.7. The number of nitrogens with one attached hydrogen (secondary N) is 1. The van der Waals surface area contributed by atoms with Gasteiger partial charge in [0.05, 0.1) is 5.75 Å². The fourth-order valence-electron chi connectivity index (χ4n) is 1.67. The maximum absolute atomic E-state index is 11.9. The summed E-state index contributed by atoms with van der Waals surface area (Å²) in [7, 11) is 0. The van der Waals surface area contributed by atoms with Crippen LogP contribution in [0.5, 0.6) is 0 Å². The third kappa shape index (κ3) is 4.45. The number of hydrogen-bond donors (Lipinski definition) is 3. The third-order valence-corrected chi connectivity index (χ3v) is 3.49. The second-order valence-corrected chi connectivity index (χ2v) is 5.44. The Kier molecular flexibility index (Phi) is 4.95. The van der Waals surface area contributed by atoms with E-state index in [-0.39, 0.29) is 11.7 Å². The molecule has 7 nitrogen and oxygen atoms in total. The van der Waals surface area contributed by atoms with E-state index in [0.717, 1.165) is 5.69 Å². The summed E-state index contributed by atoms with van der Waals surface area (Å²) < 4.78 is 0. The zero-order chi connectivity index (χ0) is 16.1. The Hall–Kier alpha value is -2.61. The molecular formula is C14H15N5O2S. The molecule has 0 aliphatic heterocycles. The Bertz CT molecular complexity index is 683. The number of nitrogen functional groups attached to an aromatic ring is 1. The third-order valence-electron chi connectivity index (χ3n) is 2.64. The number of hydrogen-bond acceptors (Lipinski definition) is 6. The summed E-state index contributed by atoms with van der Waals surface area (Å²) in [6.45, 7) is 1.81. The highest BCUT2D eigenvalue weighted by atomic mass is 32.2. The second kappa shape index (κ2) is 6.90. The first-order valence-electron chi connectivity index (χ1n) is 6.38. The molecule has 0 fully saturated rings. The van der Waals surface area contributed by atoms with Crippen molar-refractivity contribution < 1.29 is 9.59 Å². The molecule has 0 aliphatic carbocycles. The fourth-order valence-corrected chi connectivity index (χ4v) is 2.39. The van der Waals surface area contributed by atoms with Crippen molar-refractivity contribution in [2.24, 2.45) is 5.73 Å². The molecule has 0 bridgehead atoms. The Labute approximate surface area is 131 Å². The molecule has 1 heterocycles. The first-order valence-corrected chi connectivity index (χ1v) is 7.36. The van der Waals surface area contributed by atoms with Gasteiger partial charge in [0.1, 0.15) is 5.82 Å². The molecule has 0 aliphatic rings. The molecule has 0 saturated heterocycles. The van der Waals surface area contributed by atoms with Gasteiger partial charge in [-0.15, -0.1) is 0 Å². The predicted molar refractivity (Wildman–Crippen MR) is 85.5 cm³/mol. The molecule has 1 aromatic carbocycles. The number of anilines is 2. The monoisotopic (exact) mass is 317 g/mol. The van der Waals surface area contributed by atoms with Crippen LogP contribution in [-0.2, 0) is 4.79 Å². The molecule has 0 saturated carbocycles. The van der Waals surface area contributed by atoms with Gasteiger partial charge in [-0.05, 0) is 31.2 Å². The lowest BCUT2D eigenvalue weighted by atomic mass is 10.2. The SMILES string of the molecule is Cc1cc(N)nc(SCC(=O)Nc2ccc(C(N)=O)cc2)n1. The molecule has 0 spiro atoms. The van der Waals surface area contributed by atoms with Gasteiger partial charge in [0.15, 0.2) is 5.16 Å². The maximum atomic E-state index is 11.9. The van der Waals surface area contributed by atoms with E-state index in [1.54, 1.807) is 30.3 Å². The molecule has 0 radical (unpaired) electrons. The van der Waals surface area contributed by atoms with Gasteiger partial charge in [0.25, 0.3) is 0 Å². The van der Waals surface area contributed by atoms with E-state index in [9.17, 15) is 9.59 Å². The fraction of sp³-hybridized carbons (Fsp3) is 0.143. The van der Waals surface area contributed by atoms with E-state index in [4.69, 9.17) is 11.5 Å². The number of rotatable bonds is 5. The van der Waals surface area contributed by atoms with Gasteiger partial charge in [-0.3, -0.25) is 9.59 Å². The van der Waals surface area contributed by atoms with Crippen molar-refractivity contribution in [3.8, 4) is 0 Å². The number of thioether (sulfide) groups is 1. The quantitative estimate of drug-likeness (QED) is 0.562. The lowest BCUT2D eigenvalue weighted by molar-refractivity contribution is -0.113. The van der Waals surface area contributed by atoms with E-state index in [2.05, 4.69) is 15.3 Å². The molecule has 2 amide bonds. The molecule has 0 unspecified atom stereocenters. The largest absolute Gasteiger partial charge is 0.384 e. The van der Waals surface area contributed by atoms with Crippen LogP contribution in [0, 0.1) is 6.92 Å². The summed E-state index contributed by atoms with van der Waals surface area (Å²) in [4.78, 5) is 31.0. The van der Waals surface area contributed by atoms with Gasteiger partial charge in [0.2, 0.25) is 11.8 Å². The number of carbonyl (C=O) groups excluding carboxylic acids is 2. The van der Waals surface area contributed by atoms with Crippen LogP contribution in [0.15, 0.2) is 35.5 Å². The van der Waals surface area contributed by atoms with E-state index >= 15 is 0 Å². The first kappa shape index (κ1) is 15.8. The van der Waals surface area contributed by atoms with Crippen LogP contribution in [0.25, 0.3) is 0 Å². The molecular weight excluding hydrogens is 302 g/mol. The summed E-state index contributed by atoms with van der Waals surface area (Å²) >= 11 is 1.20. The zero-order valence-electron chi connectivity index (χ0n) is 11.9. The van der Waals surface area contributed by atoms with Crippen molar-refractivity contribution in [3.05, 3.63) is 41.6 Å². The number of benzene rings is 1. The Morgan fingerprint density at radius 3 is 2.50 bits per heavy atom. The molecule has 114 valence electrons. The van der Waals surface area contributed by atoms with E-state index < -0.39 is 5.91 Å². The van der Waals surface area contributed by atoms with E-state index in [1.165, 1.54) is 11.8 Å². The van der Waals surface area contributed by atoms with Crippen molar-refractivity contribution in [1.82, 2.24) is 9.97 Å². The number of carbonyl (C=O) groups is 2. The van der Waals surface area contributed by atoms with Crippen molar-refractivity contribution in [2.45, 2.75) is 12.1 Å². The highest BCUT2D eigenvalue weighted by Crippen LogP contribution is 2.16. The minimum atomic E-state index is -0.511. The normalized spacial score (nSPS) is 10.2. The highest BCUT2D eigenvalue weighted by molar-refractivity contribution is 7.99. The molecule has 8 heteroatoms. The summed E-state index contributed by atoms with van der Waals surface area (Å²) in [5.41, 5.74) is 12.5. The van der Waals surface area contributed by atoms with Crippen LogP contribution in [0.4, 0.5) is 11.5 Å². The molecule has 1 aromatic heterocycles. The number of nitrogens with two attached hydrogens (primary N) is 2. The van der Waals surface area contributed by atoms with Crippen molar-refractivity contribution in [1.29, 1.82) is 0 Å². The minimum absolute atomic E-state index is 0.153. The Balaban J connectivity index is 1.91. The van der Waals surface area contributed by atoms with Gasteiger partial charge < -0.3 is 16.8 Å². The summed E-state index contributed by atoms with van der Waals surface area (Å²) in [5.74, 6) is -0.193.